The number of benzene rings is 2. The minimum atomic E-state index is -0.195. The number of hydrazone groups is 1. The summed E-state index contributed by atoms with van der Waals surface area (Å²) in [4.78, 5) is 12.6. The summed E-state index contributed by atoms with van der Waals surface area (Å²) in [5.74, 6) is -0.195. The predicted octanol–water partition coefficient (Wildman–Crippen LogP) is 4.80. The first-order valence-electron chi connectivity index (χ1n) is 6.68. The number of nitrogens with zero attached hydrogens (tertiary/aromatic N) is 2. The lowest BCUT2D eigenvalue weighted by molar-refractivity contribution is -0.114. The molecule has 0 spiro atoms. The molecule has 2 aromatic rings. The van der Waals surface area contributed by atoms with Gasteiger partial charge in [0.1, 0.15) is 0 Å². The highest BCUT2D eigenvalue weighted by Gasteiger charge is 2.28. The number of rotatable bonds is 2. The predicted molar refractivity (Wildman–Crippen MR) is 91.5 cm³/mol. The molecule has 3 rings (SSSR count). The molecule has 0 aromatic heterocycles. The molecule has 22 heavy (non-hydrogen) atoms. The van der Waals surface area contributed by atoms with E-state index in [0.717, 1.165) is 5.69 Å². The number of hydrogen-bond donors (Lipinski definition) is 0. The van der Waals surface area contributed by atoms with Gasteiger partial charge in [0, 0.05) is 15.6 Å². The van der Waals surface area contributed by atoms with Crippen molar-refractivity contribution in [1.82, 2.24) is 0 Å². The van der Waals surface area contributed by atoms with Crippen LogP contribution in [-0.2, 0) is 4.79 Å². The van der Waals surface area contributed by atoms with Gasteiger partial charge in [-0.25, -0.2) is 0 Å². The Kier molecular flexibility index (Phi) is 4.01. The standard InChI is InChI=1S/C17H12Cl2N2O/c1-11-13(10-14-15(18)8-5-9-16(14)19)17(22)21(20-11)12-6-3-2-4-7-12/h2-10H,1H3/b13-10+. The fraction of sp³-hybridized carbons (Fsp3) is 0.0588. The van der Waals surface area contributed by atoms with Crippen molar-refractivity contribution in [2.45, 2.75) is 6.92 Å². The number of halogens is 2. The number of amides is 1. The zero-order chi connectivity index (χ0) is 15.7. The molecular formula is C17H12Cl2N2O. The third-order valence-corrected chi connectivity index (χ3v) is 4.01. The highest BCUT2D eigenvalue weighted by atomic mass is 35.5. The topological polar surface area (TPSA) is 32.7 Å². The van der Waals surface area contributed by atoms with E-state index in [-0.39, 0.29) is 5.91 Å². The van der Waals surface area contributed by atoms with Crippen molar-refractivity contribution in [3.8, 4) is 0 Å². The Morgan fingerprint density at radius 2 is 1.64 bits per heavy atom. The maximum absolute atomic E-state index is 12.6. The monoisotopic (exact) mass is 330 g/mol. The van der Waals surface area contributed by atoms with Gasteiger partial charge in [-0.05, 0) is 37.3 Å². The van der Waals surface area contributed by atoms with Gasteiger partial charge in [-0.2, -0.15) is 10.1 Å². The average Bonchev–Trinajstić information content (AvgIpc) is 2.79. The summed E-state index contributed by atoms with van der Waals surface area (Å²) in [5, 5.41) is 6.70. The third-order valence-electron chi connectivity index (χ3n) is 3.35. The molecule has 3 nitrogen and oxygen atoms in total. The molecule has 0 aliphatic carbocycles. The minimum absolute atomic E-state index is 0.195. The molecule has 5 heteroatoms. The van der Waals surface area contributed by atoms with Crippen LogP contribution < -0.4 is 5.01 Å². The molecule has 2 aromatic carbocycles. The Labute approximate surface area is 138 Å². The second-order valence-corrected chi connectivity index (χ2v) is 5.65. The molecule has 0 radical (unpaired) electrons. The number of anilines is 1. The second-order valence-electron chi connectivity index (χ2n) is 4.83. The van der Waals surface area contributed by atoms with Crippen LogP contribution >= 0.6 is 23.2 Å². The highest BCUT2D eigenvalue weighted by molar-refractivity contribution is 6.39. The van der Waals surface area contributed by atoms with Gasteiger partial charge in [0.25, 0.3) is 5.91 Å². The minimum Gasteiger partial charge on any atom is -0.267 e. The van der Waals surface area contributed by atoms with E-state index in [0.29, 0.717) is 26.9 Å². The van der Waals surface area contributed by atoms with E-state index >= 15 is 0 Å². The lowest BCUT2D eigenvalue weighted by Crippen LogP contribution is -2.21. The van der Waals surface area contributed by atoms with Crippen molar-refractivity contribution in [3.63, 3.8) is 0 Å². The summed E-state index contributed by atoms with van der Waals surface area (Å²) in [6.07, 6.45) is 1.69. The van der Waals surface area contributed by atoms with E-state index in [9.17, 15) is 4.79 Å². The van der Waals surface area contributed by atoms with Crippen LogP contribution in [0.5, 0.6) is 0 Å². The van der Waals surface area contributed by atoms with Crippen LogP contribution in [0.1, 0.15) is 12.5 Å². The van der Waals surface area contributed by atoms with Crippen molar-refractivity contribution in [2.24, 2.45) is 5.10 Å². The Hall–Kier alpha value is -2.10. The number of carbonyl (C=O) groups excluding carboxylic acids is 1. The quantitative estimate of drug-likeness (QED) is 0.728. The van der Waals surface area contributed by atoms with E-state index < -0.39 is 0 Å². The van der Waals surface area contributed by atoms with E-state index in [1.54, 1.807) is 31.2 Å². The lowest BCUT2D eigenvalue weighted by atomic mass is 10.1. The summed E-state index contributed by atoms with van der Waals surface area (Å²) in [5.41, 5.74) is 2.46. The summed E-state index contributed by atoms with van der Waals surface area (Å²) < 4.78 is 0. The first-order valence-corrected chi connectivity index (χ1v) is 7.44. The van der Waals surface area contributed by atoms with Gasteiger partial charge in [-0.15, -0.1) is 0 Å². The molecule has 0 saturated carbocycles. The third kappa shape index (κ3) is 2.65. The molecule has 0 atom stereocenters. The molecule has 1 heterocycles. The largest absolute Gasteiger partial charge is 0.280 e. The van der Waals surface area contributed by atoms with E-state index in [4.69, 9.17) is 23.2 Å². The SMILES string of the molecule is CC1=NN(c2ccccc2)C(=O)/C1=C/c1c(Cl)cccc1Cl. The number of hydrogen-bond acceptors (Lipinski definition) is 2. The highest BCUT2D eigenvalue weighted by Crippen LogP contribution is 2.30. The Balaban J connectivity index is 2.02. The summed E-state index contributed by atoms with van der Waals surface area (Å²) in [7, 11) is 0. The Bertz CT molecular complexity index is 777. The molecule has 1 aliphatic heterocycles. The van der Waals surface area contributed by atoms with Crippen LogP contribution in [0, 0.1) is 0 Å². The van der Waals surface area contributed by atoms with Crippen molar-refractivity contribution in [3.05, 3.63) is 69.7 Å². The smallest absolute Gasteiger partial charge is 0.267 e. The zero-order valence-electron chi connectivity index (χ0n) is 11.8. The van der Waals surface area contributed by atoms with Gasteiger partial charge in [0.2, 0.25) is 0 Å². The molecule has 0 fully saturated rings. The van der Waals surface area contributed by atoms with E-state index in [1.165, 1.54) is 5.01 Å². The van der Waals surface area contributed by atoms with Crippen molar-refractivity contribution >= 4 is 46.6 Å². The van der Waals surface area contributed by atoms with Crippen LogP contribution in [0.25, 0.3) is 6.08 Å². The van der Waals surface area contributed by atoms with Crippen LogP contribution in [0.4, 0.5) is 5.69 Å². The fourth-order valence-corrected chi connectivity index (χ4v) is 2.73. The molecule has 0 N–H and O–H groups in total. The van der Waals surface area contributed by atoms with Crippen molar-refractivity contribution < 1.29 is 4.79 Å². The molecule has 0 saturated heterocycles. The van der Waals surface area contributed by atoms with Crippen molar-refractivity contribution in [1.29, 1.82) is 0 Å². The van der Waals surface area contributed by atoms with Crippen LogP contribution in [-0.4, -0.2) is 11.6 Å². The molecule has 0 bridgehead atoms. The first kappa shape index (κ1) is 14.8. The van der Waals surface area contributed by atoms with Gasteiger partial charge in [-0.3, -0.25) is 4.79 Å². The Morgan fingerprint density at radius 1 is 1.00 bits per heavy atom. The zero-order valence-corrected chi connectivity index (χ0v) is 13.3. The van der Waals surface area contributed by atoms with Crippen LogP contribution in [0.3, 0.4) is 0 Å². The molecular weight excluding hydrogens is 319 g/mol. The number of para-hydroxylation sites is 1. The van der Waals surface area contributed by atoms with Gasteiger partial charge in [0.05, 0.1) is 17.0 Å². The summed E-state index contributed by atoms with van der Waals surface area (Å²) in [6.45, 7) is 1.79. The van der Waals surface area contributed by atoms with Crippen molar-refractivity contribution in [2.75, 3.05) is 5.01 Å². The molecule has 1 amide bonds. The maximum Gasteiger partial charge on any atom is 0.280 e. The number of carbonyl (C=O) groups is 1. The maximum atomic E-state index is 12.6. The van der Waals surface area contributed by atoms with Gasteiger partial charge in [0.15, 0.2) is 0 Å². The lowest BCUT2D eigenvalue weighted by Gasteiger charge is -2.11. The van der Waals surface area contributed by atoms with Gasteiger partial charge in [-0.1, -0.05) is 47.5 Å². The summed E-state index contributed by atoms with van der Waals surface area (Å²) >= 11 is 12.3. The van der Waals surface area contributed by atoms with Gasteiger partial charge < -0.3 is 0 Å². The molecule has 1 aliphatic rings. The molecule has 0 unspecified atom stereocenters. The summed E-state index contributed by atoms with van der Waals surface area (Å²) in [6, 6.07) is 14.5. The van der Waals surface area contributed by atoms with E-state index in [1.807, 2.05) is 30.3 Å². The van der Waals surface area contributed by atoms with E-state index in [2.05, 4.69) is 5.10 Å². The van der Waals surface area contributed by atoms with Crippen LogP contribution in [0.15, 0.2) is 59.2 Å². The normalized spacial score (nSPS) is 16.3. The van der Waals surface area contributed by atoms with Gasteiger partial charge >= 0.3 is 0 Å². The van der Waals surface area contributed by atoms with Crippen LogP contribution in [0.2, 0.25) is 10.0 Å². The average molecular weight is 331 g/mol. The second kappa shape index (κ2) is 5.95. The Morgan fingerprint density at radius 3 is 2.27 bits per heavy atom. The fourth-order valence-electron chi connectivity index (χ4n) is 2.22. The molecule has 110 valence electrons. The first-order chi connectivity index (χ1) is 10.6.